The van der Waals surface area contributed by atoms with Crippen molar-refractivity contribution in [1.82, 2.24) is 19.8 Å². The number of rotatable bonds is 3. The summed E-state index contributed by atoms with van der Waals surface area (Å²) in [6.07, 6.45) is 2.52. The van der Waals surface area contributed by atoms with Crippen LogP contribution < -0.4 is 0 Å². The van der Waals surface area contributed by atoms with Gasteiger partial charge in [-0.15, -0.1) is 15.3 Å². The molecule has 0 aliphatic rings. The highest BCUT2D eigenvalue weighted by Crippen LogP contribution is 2.25. The van der Waals surface area contributed by atoms with Crippen molar-refractivity contribution >= 4 is 16.3 Å². The van der Waals surface area contributed by atoms with Crippen LogP contribution in [-0.2, 0) is 6.42 Å². The first-order valence-electron chi connectivity index (χ1n) is 5.49. The zero-order chi connectivity index (χ0) is 11.8. The van der Waals surface area contributed by atoms with Crippen molar-refractivity contribution in [2.75, 3.05) is 0 Å². The summed E-state index contributed by atoms with van der Waals surface area (Å²) in [5.74, 6) is 2.22. The van der Waals surface area contributed by atoms with Crippen molar-refractivity contribution in [2.45, 2.75) is 20.3 Å². The largest absolute Gasteiger partial charge is 0.462 e. The van der Waals surface area contributed by atoms with E-state index in [2.05, 4.69) is 29.1 Å². The molecule has 0 spiro atoms. The summed E-state index contributed by atoms with van der Waals surface area (Å²) in [6, 6.07) is 3.75. The molecule has 0 atom stereocenters. The number of fused-ring (bicyclic) bond motifs is 1. The van der Waals surface area contributed by atoms with E-state index in [-0.39, 0.29) is 0 Å². The second-order valence-corrected chi connectivity index (χ2v) is 5.25. The number of hydrogen-bond acceptors (Lipinski definition) is 5. The second-order valence-electron chi connectivity index (χ2n) is 4.29. The lowest BCUT2D eigenvalue weighted by molar-refractivity contribution is 0.578. The van der Waals surface area contributed by atoms with Crippen LogP contribution in [0.3, 0.4) is 0 Å². The molecule has 3 aromatic rings. The van der Waals surface area contributed by atoms with Gasteiger partial charge < -0.3 is 4.42 Å². The zero-order valence-electron chi connectivity index (χ0n) is 9.62. The second kappa shape index (κ2) is 3.96. The summed E-state index contributed by atoms with van der Waals surface area (Å²) in [5, 5.41) is 13.6. The van der Waals surface area contributed by atoms with E-state index in [1.54, 1.807) is 6.26 Å². The molecule has 0 aliphatic carbocycles. The van der Waals surface area contributed by atoms with Crippen molar-refractivity contribution in [1.29, 1.82) is 0 Å². The molecular formula is C11H12N4OS. The van der Waals surface area contributed by atoms with Crippen LogP contribution in [0.15, 0.2) is 22.8 Å². The van der Waals surface area contributed by atoms with Gasteiger partial charge in [-0.05, 0) is 18.1 Å². The molecule has 0 amide bonds. The van der Waals surface area contributed by atoms with Crippen LogP contribution in [0, 0.1) is 5.92 Å². The molecule has 17 heavy (non-hydrogen) atoms. The highest BCUT2D eigenvalue weighted by molar-refractivity contribution is 7.19. The normalized spacial score (nSPS) is 11.7. The van der Waals surface area contributed by atoms with E-state index in [1.807, 2.05) is 16.6 Å². The van der Waals surface area contributed by atoms with Gasteiger partial charge in [0, 0.05) is 6.42 Å². The first kappa shape index (κ1) is 10.5. The Morgan fingerprint density at radius 1 is 1.41 bits per heavy atom. The first-order valence-corrected chi connectivity index (χ1v) is 6.30. The minimum atomic E-state index is 0.538. The summed E-state index contributed by atoms with van der Waals surface area (Å²) >= 11 is 1.49. The fraction of sp³-hybridized carbons (Fsp3) is 0.364. The molecule has 0 saturated carbocycles. The van der Waals surface area contributed by atoms with Gasteiger partial charge in [-0.25, -0.2) is 0 Å². The number of hydrogen-bond donors (Lipinski definition) is 0. The van der Waals surface area contributed by atoms with Crippen molar-refractivity contribution in [3.05, 3.63) is 24.2 Å². The summed E-state index contributed by atoms with van der Waals surface area (Å²) in [4.78, 5) is 0.812. The third kappa shape index (κ3) is 1.84. The van der Waals surface area contributed by atoms with Crippen LogP contribution in [0.1, 0.15) is 19.7 Å². The smallest absolute Gasteiger partial charge is 0.235 e. The van der Waals surface area contributed by atoms with E-state index in [1.165, 1.54) is 11.3 Å². The Bertz CT molecular complexity index is 623. The lowest BCUT2D eigenvalue weighted by Crippen LogP contribution is -2.01. The molecule has 0 unspecified atom stereocenters. The minimum Gasteiger partial charge on any atom is -0.462 e. The highest BCUT2D eigenvalue weighted by atomic mass is 32.1. The fourth-order valence-electron chi connectivity index (χ4n) is 1.65. The third-order valence-electron chi connectivity index (χ3n) is 2.38. The maximum atomic E-state index is 5.33. The Morgan fingerprint density at radius 3 is 3.00 bits per heavy atom. The van der Waals surface area contributed by atoms with Gasteiger partial charge in [0.25, 0.3) is 0 Å². The van der Waals surface area contributed by atoms with E-state index >= 15 is 0 Å². The number of furan rings is 1. The van der Waals surface area contributed by atoms with Crippen LogP contribution >= 0.6 is 11.3 Å². The fourth-order valence-corrected chi connectivity index (χ4v) is 2.48. The standard InChI is InChI=1S/C11H12N4OS/c1-7(2)6-9-12-13-11-15(9)14-10(17-11)8-4-3-5-16-8/h3-5,7H,6H2,1-2H3. The van der Waals surface area contributed by atoms with Crippen molar-refractivity contribution in [3.8, 4) is 10.8 Å². The number of aromatic nitrogens is 4. The lowest BCUT2D eigenvalue weighted by atomic mass is 10.1. The van der Waals surface area contributed by atoms with E-state index in [4.69, 9.17) is 4.42 Å². The third-order valence-corrected chi connectivity index (χ3v) is 3.29. The van der Waals surface area contributed by atoms with Gasteiger partial charge in [0.05, 0.1) is 6.26 Å². The Balaban J connectivity index is 2.05. The predicted molar refractivity (Wildman–Crippen MR) is 64.9 cm³/mol. The van der Waals surface area contributed by atoms with Crippen LogP contribution in [0.4, 0.5) is 0 Å². The molecule has 0 saturated heterocycles. The Labute approximate surface area is 102 Å². The van der Waals surface area contributed by atoms with Gasteiger partial charge >= 0.3 is 0 Å². The Morgan fingerprint density at radius 2 is 2.29 bits per heavy atom. The zero-order valence-corrected chi connectivity index (χ0v) is 10.4. The lowest BCUT2D eigenvalue weighted by Gasteiger charge is -1.99. The van der Waals surface area contributed by atoms with Gasteiger partial charge in [-0.3, -0.25) is 0 Å². The molecule has 5 nitrogen and oxygen atoms in total. The summed E-state index contributed by atoms with van der Waals surface area (Å²) in [5.41, 5.74) is 0. The molecular weight excluding hydrogens is 236 g/mol. The Hall–Kier alpha value is -1.69. The van der Waals surface area contributed by atoms with Crippen molar-refractivity contribution in [2.24, 2.45) is 5.92 Å². The molecule has 0 aromatic carbocycles. The molecule has 3 heterocycles. The maximum absolute atomic E-state index is 5.33. The topological polar surface area (TPSA) is 56.2 Å². The molecule has 3 aromatic heterocycles. The van der Waals surface area contributed by atoms with Crippen LogP contribution in [0.5, 0.6) is 0 Å². The molecule has 0 fully saturated rings. The van der Waals surface area contributed by atoms with Gasteiger partial charge in [0.1, 0.15) is 0 Å². The van der Waals surface area contributed by atoms with Crippen LogP contribution in [0.25, 0.3) is 15.7 Å². The van der Waals surface area contributed by atoms with Crippen molar-refractivity contribution in [3.63, 3.8) is 0 Å². The van der Waals surface area contributed by atoms with Gasteiger partial charge in [-0.2, -0.15) is 4.52 Å². The van der Waals surface area contributed by atoms with Crippen molar-refractivity contribution < 1.29 is 4.42 Å². The first-order chi connectivity index (χ1) is 8.24. The van der Waals surface area contributed by atoms with Crippen LogP contribution in [0.2, 0.25) is 0 Å². The monoisotopic (exact) mass is 248 g/mol. The molecule has 0 aliphatic heterocycles. The SMILES string of the molecule is CC(C)Cc1nnc2sc(-c3ccco3)nn12. The van der Waals surface area contributed by atoms with E-state index in [9.17, 15) is 0 Å². The molecule has 0 N–H and O–H groups in total. The van der Waals surface area contributed by atoms with Gasteiger partial charge in [0.2, 0.25) is 4.96 Å². The molecule has 6 heteroatoms. The Kier molecular flexibility index (Phi) is 2.44. The van der Waals surface area contributed by atoms with E-state index < -0.39 is 0 Å². The van der Waals surface area contributed by atoms with Gasteiger partial charge in [-0.1, -0.05) is 25.2 Å². The van der Waals surface area contributed by atoms with E-state index in [0.717, 1.165) is 28.0 Å². The van der Waals surface area contributed by atoms with E-state index in [0.29, 0.717) is 5.92 Å². The molecule has 88 valence electrons. The quantitative estimate of drug-likeness (QED) is 0.715. The van der Waals surface area contributed by atoms with Gasteiger partial charge in [0.15, 0.2) is 16.6 Å². The molecule has 0 bridgehead atoms. The molecule has 0 radical (unpaired) electrons. The predicted octanol–water partition coefficient (Wildman–Crippen LogP) is 2.64. The summed E-state index contributed by atoms with van der Waals surface area (Å²) < 4.78 is 7.13. The summed E-state index contributed by atoms with van der Waals surface area (Å²) in [6.45, 7) is 4.31. The maximum Gasteiger partial charge on any atom is 0.235 e. The highest BCUT2D eigenvalue weighted by Gasteiger charge is 2.14. The van der Waals surface area contributed by atoms with Crippen LogP contribution in [-0.4, -0.2) is 19.8 Å². The minimum absolute atomic E-state index is 0.538. The summed E-state index contributed by atoms with van der Waals surface area (Å²) in [7, 11) is 0. The average molecular weight is 248 g/mol. The molecule has 3 rings (SSSR count). The average Bonchev–Trinajstić information content (AvgIpc) is 2.93. The number of nitrogens with zero attached hydrogens (tertiary/aromatic N) is 4.